The summed E-state index contributed by atoms with van der Waals surface area (Å²) in [6.45, 7) is 3.58. The number of rotatable bonds is 4. The summed E-state index contributed by atoms with van der Waals surface area (Å²) in [5.74, 6) is -1.22. The van der Waals surface area contributed by atoms with Crippen molar-refractivity contribution in [2.75, 3.05) is 0 Å². The molecule has 0 aliphatic carbocycles. The van der Waals surface area contributed by atoms with Crippen LogP contribution in [0.25, 0.3) is 10.8 Å². The van der Waals surface area contributed by atoms with Gasteiger partial charge in [-0.2, -0.15) is 5.11 Å². The van der Waals surface area contributed by atoms with Crippen molar-refractivity contribution in [2.24, 2.45) is 10.2 Å². The molecule has 0 radical (unpaired) electrons. The van der Waals surface area contributed by atoms with Crippen LogP contribution in [0.3, 0.4) is 0 Å². The van der Waals surface area contributed by atoms with Crippen molar-refractivity contribution in [3.05, 3.63) is 95.3 Å². The van der Waals surface area contributed by atoms with Gasteiger partial charge in [0, 0.05) is 5.39 Å². The van der Waals surface area contributed by atoms with E-state index in [1.54, 1.807) is 44.2 Å². The Bertz CT molecular complexity index is 1310. The number of azo groups is 1. The summed E-state index contributed by atoms with van der Waals surface area (Å²) in [5, 5.41) is 20.2. The van der Waals surface area contributed by atoms with Crippen LogP contribution in [-0.2, 0) is 0 Å². The zero-order chi connectivity index (χ0) is 22.0. The van der Waals surface area contributed by atoms with E-state index in [2.05, 4.69) is 10.2 Å². The number of hydrogen-bond donors (Lipinski definition) is 1. The van der Waals surface area contributed by atoms with Crippen molar-refractivity contribution in [3.8, 4) is 11.5 Å². The number of fused-ring (bicyclic) bond motifs is 1. The van der Waals surface area contributed by atoms with Crippen molar-refractivity contribution in [1.29, 1.82) is 0 Å². The third kappa shape index (κ3) is 4.28. The molecule has 0 spiro atoms. The quantitative estimate of drug-likeness (QED) is 0.223. The maximum Gasteiger partial charge on any atom is 0.343 e. The van der Waals surface area contributed by atoms with E-state index >= 15 is 0 Å². The molecular weight excluding hydrogens is 395 g/mol. The minimum absolute atomic E-state index is 0.140. The van der Waals surface area contributed by atoms with Gasteiger partial charge in [0.25, 0.3) is 0 Å². The lowest BCUT2D eigenvalue weighted by atomic mass is 10.1. The fraction of sp³-hybridized carbons (Fsp3) is 0.0800. The summed E-state index contributed by atoms with van der Waals surface area (Å²) in [7, 11) is 0. The van der Waals surface area contributed by atoms with E-state index in [0.717, 1.165) is 10.8 Å². The zero-order valence-electron chi connectivity index (χ0n) is 17.0. The molecule has 0 saturated carbocycles. The highest BCUT2D eigenvalue weighted by Gasteiger charge is 2.14. The van der Waals surface area contributed by atoms with Gasteiger partial charge in [-0.3, -0.25) is 0 Å². The number of esters is 1. The number of benzene rings is 4. The molecule has 0 saturated heterocycles. The van der Waals surface area contributed by atoms with Crippen molar-refractivity contribution in [2.45, 2.75) is 13.8 Å². The summed E-state index contributed by atoms with van der Waals surface area (Å²) in [4.78, 5) is 12.7. The van der Waals surface area contributed by atoms with Crippen molar-refractivity contribution in [3.63, 3.8) is 0 Å². The van der Waals surface area contributed by atoms with E-state index in [-0.39, 0.29) is 17.1 Å². The summed E-state index contributed by atoms with van der Waals surface area (Å²) in [6, 6.07) is 19.9. The van der Waals surface area contributed by atoms with Crippen molar-refractivity contribution in [1.82, 2.24) is 0 Å². The van der Waals surface area contributed by atoms with Crippen LogP contribution in [0.15, 0.2) is 83.0 Å². The number of carbonyl (C=O) groups excluding carboxylic acids is 1. The van der Waals surface area contributed by atoms with Crippen LogP contribution < -0.4 is 4.74 Å². The van der Waals surface area contributed by atoms with Gasteiger partial charge in [-0.15, -0.1) is 5.11 Å². The topological polar surface area (TPSA) is 71.2 Å². The number of halogens is 1. The number of phenolic OH excluding ortho intramolecular Hbond substituents is 1. The number of ether oxygens (including phenoxy) is 1. The minimum atomic E-state index is -0.691. The predicted octanol–water partition coefficient (Wildman–Crippen LogP) is 6.94. The number of aromatic hydroxyl groups is 1. The lowest BCUT2D eigenvalue weighted by Crippen LogP contribution is -2.09. The Hall–Kier alpha value is -4.06. The highest BCUT2D eigenvalue weighted by atomic mass is 19.1. The molecule has 154 valence electrons. The van der Waals surface area contributed by atoms with Gasteiger partial charge in [0.15, 0.2) is 11.6 Å². The summed E-state index contributed by atoms with van der Waals surface area (Å²) >= 11 is 0. The predicted molar refractivity (Wildman–Crippen MR) is 117 cm³/mol. The smallest absolute Gasteiger partial charge is 0.343 e. The Labute approximate surface area is 178 Å². The van der Waals surface area contributed by atoms with Crippen LogP contribution in [-0.4, -0.2) is 11.1 Å². The lowest BCUT2D eigenvalue weighted by Gasteiger charge is -2.08. The molecule has 1 N–H and O–H groups in total. The SMILES string of the molecule is Cc1cc(N=Nc2cc(C(=O)Oc3ccccc3F)cc3ccccc23)cc(C)c1O. The fourth-order valence-electron chi connectivity index (χ4n) is 3.28. The first-order valence-corrected chi connectivity index (χ1v) is 9.64. The second-order valence-electron chi connectivity index (χ2n) is 7.16. The lowest BCUT2D eigenvalue weighted by molar-refractivity contribution is 0.0728. The largest absolute Gasteiger partial charge is 0.507 e. The van der Waals surface area contributed by atoms with Crippen LogP contribution >= 0.6 is 0 Å². The molecule has 4 aromatic carbocycles. The number of nitrogens with zero attached hydrogens (tertiary/aromatic N) is 2. The third-order valence-electron chi connectivity index (χ3n) is 4.86. The number of hydrogen-bond acceptors (Lipinski definition) is 5. The number of carbonyl (C=O) groups is 1. The van der Waals surface area contributed by atoms with E-state index in [1.807, 2.05) is 24.3 Å². The van der Waals surface area contributed by atoms with E-state index in [1.165, 1.54) is 18.2 Å². The maximum absolute atomic E-state index is 13.9. The van der Waals surface area contributed by atoms with Crippen LogP contribution in [0.5, 0.6) is 11.5 Å². The Kier molecular flexibility index (Phi) is 5.45. The number of phenols is 1. The van der Waals surface area contributed by atoms with Crippen LogP contribution in [0, 0.1) is 19.7 Å². The third-order valence-corrected chi connectivity index (χ3v) is 4.86. The summed E-state index contributed by atoms with van der Waals surface area (Å²) in [6.07, 6.45) is 0. The highest BCUT2D eigenvalue weighted by Crippen LogP contribution is 2.32. The molecular formula is C25H19FN2O3. The summed E-state index contributed by atoms with van der Waals surface area (Å²) < 4.78 is 19.1. The van der Waals surface area contributed by atoms with E-state index in [4.69, 9.17) is 4.74 Å². The molecule has 0 atom stereocenters. The summed E-state index contributed by atoms with van der Waals surface area (Å²) in [5.41, 5.74) is 2.68. The first kappa shape index (κ1) is 20.2. The molecule has 31 heavy (non-hydrogen) atoms. The van der Waals surface area contributed by atoms with Crippen LogP contribution in [0.1, 0.15) is 21.5 Å². The standard InChI is InChI=1S/C25H19FN2O3/c1-15-11-19(12-16(2)24(15)29)27-28-22-14-18(13-17-7-3-4-8-20(17)22)25(30)31-23-10-6-5-9-21(23)26/h3-14,29H,1-2H3. The van der Waals surface area contributed by atoms with Gasteiger partial charge in [0.1, 0.15) is 5.75 Å². The number of para-hydroxylation sites is 1. The molecule has 0 heterocycles. The van der Waals surface area contributed by atoms with Gasteiger partial charge in [-0.1, -0.05) is 36.4 Å². The van der Waals surface area contributed by atoms with Gasteiger partial charge in [-0.25, -0.2) is 9.18 Å². The molecule has 0 aliphatic heterocycles. The van der Waals surface area contributed by atoms with Gasteiger partial charge >= 0.3 is 5.97 Å². The van der Waals surface area contributed by atoms with E-state index in [9.17, 15) is 14.3 Å². The average molecular weight is 414 g/mol. The Morgan fingerprint density at radius 2 is 1.58 bits per heavy atom. The molecule has 5 nitrogen and oxygen atoms in total. The van der Waals surface area contributed by atoms with E-state index < -0.39 is 11.8 Å². The second-order valence-corrected chi connectivity index (χ2v) is 7.16. The van der Waals surface area contributed by atoms with Gasteiger partial charge in [0.2, 0.25) is 0 Å². The average Bonchev–Trinajstić information content (AvgIpc) is 2.77. The normalized spacial score (nSPS) is 11.2. The molecule has 6 heteroatoms. The fourth-order valence-corrected chi connectivity index (χ4v) is 3.28. The van der Waals surface area contributed by atoms with Gasteiger partial charge in [0.05, 0.1) is 16.9 Å². The molecule has 4 aromatic rings. The van der Waals surface area contributed by atoms with E-state index in [0.29, 0.717) is 22.5 Å². The minimum Gasteiger partial charge on any atom is -0.507 e. The molecule has 0 aliphatic rings. The molecule has 0 amide bonds. The second kappa shape index (κ2) is 8.36. The zero-order valence-corrected chi connectivity index (χ0v) is 17.0. The monoisotopic (exact) mass is 414 g/mol. The van der Waals surface area contributed by atoms with Crippen molar-refractivity contribution < 1.29 is 19.0 Å². The molecule has 0 aromatic heterocycles. The van der Waals surface area contributed by atoms with Crippen LogP contribution in [0.4, 0.5) is 15.8 Å². The Balaban J connectivity index is 1.73. The molecule has 0 unspecified atom stereocenters. The van der Waals surface area contributed by atoms with Crippen molar-refractivity contribution >= 4 is 28.1 Å². The maximum atomic E-state index is 13.9. The Morgan fingerprint density at radius 1 is 0.903 bits per heavy atom. The van der Waals surface area contributed by atoms with Crippen LogP contribution in [0.2, 0.25) is 0 Å². The first-order chi connectivity index (χ1) is 14.9. The molecule has 0 fully saturated rings. The van der Waals surface area contributed by atoms with Gasteiger partial charge in [-0.05, 0) is 66.8 Å². The highest BCUT2D eigenvalue weighted by molar-refractivity contribution is 6.01. The molecule has 4 rings (SSSR count). The molecule has 0 bridgehead atoms. The number of aryl methyl sites for hydroxylation is 2. The Morgan fingerprint density at radius 3 is 2.32 bits per heavy atom. The first-order valence-electron chi connectivity index (χ1n) is 9.64. The van der Waals surface area contributed by atoms with Gasteiger partial charge < -0.3 is 9.84 Å².